The standard InChI is InChI=1S/C18H11NO4/c20-13-5-6-14(21)17-16(13)15(22)8-10(18(17)23)12-7-9-3-1-2-4-11(9)19-12/h1-8,19,22-23H. The lowest BCUT2D eigenvalue weighted by molar-refractivity contribution is 0.0989. The van der Waals surface area contributed by atoms with Crippen molar-refractivity contribution in [1.29, 1.82) is 0 Å². The summed E-state index contributed by atoms with van der Waals surface area (Å²) >= 11 is 0. The Morgan fingerprint density at radius 2 is 1.57 bits per heavy atom. The number of fused-ring (bicyclic) bond motifs is 2. The van der Waals surface area contributed by atoms with Crippen molar-refractivity contribution in [2.45, 2.75) is 0 Å². The number of H-pyrrole nitrogens is 1. The lowest BCUT2D eigenvalue weighted by atomic mass is 9.90. The zero-order chi connectivity index (χ0) is 16.1. The maximum Gasteiger partial charge on any atom is 0.190 e. The fourth-order valence-corrected chi connectivity index (χ4v) is 2.89. The number of aromatic hydroxyl groups is 2. The van der Waals surface area contributed by atoms with Crippen LogP contribution in [0.25, 0.3) is 22.2 Å². The lowest BCUT2D eigenvalue weighted by Gasteiger charge is -2.15. The Morgan fingerprint density at radius 3 is 2.30 bits per heavy atom. The smallest absolute Gasteiger partial charge is 0.190 e. The molecule has 1 heterocycles. The number of hydrogen-bond donors (Lipinski definition) is 3. The van der Waals surface area contributed by atoms with Crippen molar-refractivity contribution < 1.29 is 19.8 Å². The molecule has 0 saturated heterocycles. The van der Waals surface area contributed by atoms with Crippen LogP contribution in [-0.2, 0) is 0 Å². The van der Waals surface area contributed by atoms with Gasteiger partial charge in [-0.3, -0.25) is 9.59 Å². The number of benzene rings is 2. The van der Waals surface area contributed by atoms with Gasteiger partial charge in [-0.15, -0.1) is 0 Å². The zero-order valence-corrected chi connectivity index (χ0v) is 11.8. The number of aromatic amines is 1. The molecule has 5 heteroatoms. The third-order valence-electron chi connectivity index (χ3n) is 3.98. The van der Waals surface area contributed by atoms with Crippen LogP contribution in [0.3, 0.4) is 0 Å². The zero-order valence-electron chi connectivity index (χ0n) is 11.8. The summed E-state index contributed by atoms with van der Waals surface area (Å²) in [5, 5.41) is 21.6. The van der Waals surface area contributed by atoms with Crippen LogP contribution in [0.5, 0.6) is 11.5 Å². The molecular formula is C18H11NO4. The molecule has 0 saturated carbocycles. The first kappa shape index (κ1) is 13.3. The van der Waals surface area contributed by atoms with Crippen molar-refractivity contribution in [2.24, 2.45) is 0 Å². The predicted octanol–water partition coefficient (Wildman–Crippen LogP) is 3.18. The largest absolute Gasteiger partial charge is 0.507 e. The van der Waals surface area contributed by atoms with Crippen LogP contribution < -0.4 is 0 Å². The van der Waals surface area contributed by atoms with E-state index < -0.39 is 11.6 Å². The van der Waals surface area contributed by atoms with Crippen molar-refractivity contribution in [1.82, 2.24) is 4.98 Å². The minimum Gasteiger partial charge on any atom is -0.507 e. The third-order valence-corrected chi connectivity index (χ3v) is 3.98. The van der Waals surface area contributed by atoms with Crippen LogP contribution >= 0.6 is 0 Å². The van der Waals surface area contributed by atoms with Crippen molar-refractivity contribution >= 4 is 22.5 Å². The Bertz CT molecular complexity index is 994. The minimum absolute atomic E-state index is 0.158. The number of aromatic nitrogens is 1. The highest BCUT2D eigenvalue weighted by atomic mass is 16.3. The molecule has 0 radical (unpaired) electrons. The number of rotatable bonds is 1. The van der Waals surface area contributed by atoms with Crippen LogP contribution in [0.4, 0.5) is 0 Å². The number of carbonyl (C=O) groups excluding carboxylic acids is 2. The van der Waals surface area contributed by atoms with Gasteiger partial charge >= 0.3 is 0 Å². The molecule has 23 heavy (non-hydrogen) atoms. The SMILES string of the molecule is O=C1C=CC(=O)c2c(O)c(-c3cc4ccccc4[nH]3)cc(O)c21. The van der Waals surface area contributed by atoms with Gasteiger partial charge in [0, 0.05) is 16.5 Å². The molecule has 0 bridgehead atoms. The summed E-state index contributed by atoms with van der Waals surface area (Å²) in [5.74, 6) is -1.65. The molecule has 3 aromatic rings. The molecule has 1 aromatic heterocycles. The number of nitrogens with one attached hydrogen (secondary N) is 1. The van der Waals surface area contributed by atoms with Crippen LogP contribution in [0.1, 0.15) is 20.7 Å². The van der Waals surface area contributed by atoms with Crippen molar-refractivity contribution in [3.05, 3.63) is 59.7 Å². The molecule has 0 aliphatic heterocycles. The first-order chi connectivity index (χ1) is 11.1. The van der Waals surface area contributed by atoms with E-state index in [0.29, 0.717) is 5.69 Å². The Labute approximate surface area is 130 Å². The highest BCUT2D eigenvalue weighted by Crippen LogP contribution is 2.41. The topological polar surface area (TPSA) is 90.4 Å². The van der Waals surface area contributed by atoms with E-state index in [1.54, 1.807) is 6.07 Å². The van der Waals surface area contributed by atoms with Crippen molar-refractivity contribution in [3.63, 3.8) is 0 Å². The Hall–Kier alpha value is -3.34. The molecule has 0 fully saturated rings. The van der Waals surface area contributed by atoms with E-state index in [0.717, 1.165) is 23.1 Å². The van der Waals surface area contributed by atoms with E-state index >= 15 is 0 Å². The molecular weight excluding hydrogens is 294 g/mol. The number of allylic oxidation sites excluding steroid dienone is 2. The number of phenolic OH excluding ortho intramolecular Hbond substituents is 2. The molecule has 5 nitrogen and oxygen atoms in total. The minimum atomic E-state index is -0.509. The van der Waals surface area contributed by atoms with Gasteiger partial charge in [0.1, 0.15) is 11.5 Å². The summed E-state index contributed by atoms with van der Waals surface area (Å²) in [6, 6.07) is 10.6. The number of carbonyl (C=O) groups is 2. The molecule has 2 aromatic carbocycles. The van der Waals surface area contributed by atoms with E-state index in [2.05, 4.69) is 4.98 Å². The summed E-state index contributed by atoms with van der Waals surface area (Å²) in [4.78, 5) is 27.0. The Balaban J connectivity index is 2.01. The van der Waals surface area contributed by atoms with Crippen molar-refractivity contribution in [3.8, 4) is 22.8 Å². The maximum atomic E-state index is 12.0. The van der Waals surface area contributed by atoms with Gasteiger partial charge in [-0.05, 0) is 30.4 Å². The molecule has 112 valence electrons. The highest BCUT2D eigenvalue weighted by Gasteiger charge is 2.29. The fourth-order valence-electron chi connectivity index (χ4n) is 2.89. The molecule has 0 spiro atoms. The number of ketones is 2. The summed E-state index contributed by atoms with van der Waals surface area (Å²) in [7, 11) is 0. The maximum absolute atomic E-state index is 12.0. The van der Waals surface area contributed by atoms with Gasteiger partial charge in [0.15, 0.2) is 11.6 Å². The Kier molecular flexibility index (Phi) is 2.65. The molecule has 0 atom stereocenters. The lowest BCUT2D eigenvalue weighted by Crippen LogP contribution is -2.12. The van der Waals surface area contributed by atoms with Gasteiger partial charge in [-0.25, -0.2) is 0 Å². The van der Waals surface area contributed by atoms with Crippen LogP contribution in [-0.4, -0.2) is 26.8 Å². The van der Waals surface area contributed by atoms with E-state index in [1.165, 1.54) is 6.07 Å². The summed E-state index contributed by atoms with van der Waals surface area (Å²) < 4.78 is 0. The van der Waals surface area contributed by atoms with E-state index in [1.807, 2.05) is 24.3 Å². The van der Waals surface area contributed by atoms with Crippen LogP contribution in [0.15, 0.2) is 48.6 Å². The van der Waals surface area contributed by atoms with Crippen molar-refractivity contribution in [2.75, 3.05) is 0 Å². The fraction of sp³-hybridized carbons (Fsp3) is 0. The van der Waals surface area contributed by atoms with Gasteiger partial charge in [0.05, 0.1) is 16.8 Å². The second-order valence-electron chi connectivity index (χ2n) is 5.37. The van der Waals surface area contributed by atoms with Gasteiger partial charge in [-0.1, -0.05) is 18.2 Å². The second-order valence-corrected chi connectivity index (χ2v) is 5.37. The average molecular weight is 305 g/mol. The molecule has 3 N–H and O–H groups in total. The van der Waals surface area contributed by atoms with Gasteiger partial charge in [0.25, 0.3) is 0 Å². The monoisotopic (exact) mass is 305 g/mol. The average Bonchev–Trinajstić information content (AvgIpc) is 2.96. The first-order valence-corrected chi connectivity index (χ1v) is 7.00. The molecule has 1 aliphatic rings. The molecule has 4 rings (SSSR count). The predicted molar refractivity (Wildman–Crippen MR) is 84.9 cm³/mol. The number of para-hydroxylation sites is 1. The quantitative estimate of drug-likeness (QED) is 0.602. The summed E-state index contributed by atoms with van der Waals surface area (Å²) in [5.41, 5.74) is 1.37. The number of phenols is 2. The second kappa shape index (κ2) is 4.58. The molecule has 1 aliphatic carbocycles. The van der Waals surface area contributed by atoms with Crippen LogP contribution in [0.2, 0.25) is 0 Å². The normalized spacial score (nSPS) is 13.6. The first-order valence-electron chi connectivity index (χ1n) is 7.00. The van der Waals surface area contributed by atoms with E-state index in [9.17, 15) is 19.8 Å². The molecule has 0 amide bonds. The number of hydrogen-bond acceptors (Lipinski definition) is 4. The van der Waals surface area contributed by atoms with Gasteiger partial charge in [0.2, 0.25) is 0 Å². The van der Waals surface area contributed by atoms with Crippen LogP contribution in [0, 0.1) is 0 Å². The Morgan fingerprint density at radius 1 is 0.870 bits per heavy atom. The van der Waals surface area contributed by atoms with Gasteiger partial charge in [-0.2, -0.15) is 0 Å². The van der Waals surface area contributed by atoms with Gasteiger partial charge < -0.3 is 15.2 Å². The third kappa shape index (κ3) is 1.87. The summed E-state index contributed by atoms with van der Waals surface area (Å²) in [6.07, 6.45) is 2.19. The van der Waals surface area contributed by atoms with E-state index in [4.69, 9.17) is 0 Å². The van der Waals surface area contributed by atoms with E-state index in [-0.39, 0.29) is 28.2 Å². The highest BCUT2D eigenvalue weighted by molar-refractivity contribution is 6.25. The molecule has 0 unspecified atom stereocenters. The summed E-state index contributed by atoms with van der Waals surface area (Å²) in [6.45, 7) is 0.